The Morgan fingerprint density at radius 3 is 2.38 bits per heavy atom. The smallest absolute Gasteiger partial charge is 0.295 e. The Hall–Kier alpha value is -2.63. The number of carbonyl (C=O) groups excluding carboxylic acids is 2. The van der Waals surface area contributed by atoms with Crippen molar-refractivity contribution in [2.45, 2.75) is 19.9 Å². The van der Waals surface area contributed by atoms with E-state index in [1.54, 1.807) is 29.2 Å². The molecule has 152 valence electrons. The van der Waals surface area contributed by atoms with Gasteiger partial charge in [0.25, 0.3) is 11.7 Å². The van der Waals surface area contributed by atoms with Gasteiger partial charge in [-0.25, -0.2) is 0 Å². The predicted octanol–water partition coefficient (Wildman–Crippen LogP) is 2.52. The van der Waals surface area contributed by atoms with Crippen molar-refractivity contribution in [3.8, 4) is 0 Å². The molecule has 1 aliphatic rings. The average molecular weight is 414 g/mol. The van der Waals surface area contributed by atoms with E-state index in [0.29, 0.717) is 23.7 Å². The second-order valence-electron chi connectivity index (χ2n) is 7.82. The molecule has 2 N–H and O–H groups in total. The van der Waals surface area contributed by atoms with E-state index in [9.17, 15) is 14.7 Å². The molecule has 2 aromatic rings. The van der Waals surface area contributed by atoms with Crippen molar-refractivity contribution in [2.75, 3.05) is 27.2 Å². The molecule has 1 atom stereocenters. The van der Waals surface area contributed by atoms with E-state index in [0.717, 1.165) is 21.6 Å². The number of rotatable bonds is 5. The van der Waals surface area contributed by atoms with E-state index in [4.69, 9.17) is 11.6 Å². The van der Waals surface area contributed by atoms with Crippen LogP contribution in [0.15, 0.2) is 48.0 Å². The SMILES string of the molecule is Cc1ccc(C)c(C(O)=C2C(=O)C(=O)N(CC[NH+](C)C)[C@@H]2c2ccc(Cl)cc2)c1. The van der Waals surface area contributed by atoms with Crippen LogP contribution in [0.5, 0.6) is 0 Å². The van der Waals surface area contributed by atoms with Crippen LogP contribution < -0.4 is 4.90 Å². The fourth-order valence-electron chi connectivity index (χ4n) is 3.58. The number of ketones is 1. The Labute approximate surface area is 176 Å². The number of likely N-dealkylation sites (tertiary alicyclic amines) is 1. The lowest BCUT2D eigenvalue weighted by Crippen LogP contribution is -3.06. The molecule has 1 heterocycles. The van der Waals surface area contributed by atoms with E-state index in [-0.39, 0.29) is 11.3 Å². The first-order valence-corrected chi connectivity index (χ1v) is 9.99. The monoisotopic (exact) mass is 413 g/mol. The van der Waals surface area contributed by atoms with Gasteiger partial charge >= 0.3 is 0 Å². The van der Waals surface area contributed by atoms with Crippen LogP contribution >= 0.6 is 11.6 Å². The van der Waals surface area contributed by atoms with Crippen LogP contribution in [0.4, 0.5) is 0 Å². The first kappa shape index (κ1) is 21.1. The number of aliphatic hydroxyl groups is 1. The van der Waals surface area contributed by atoms with Crippen molar-refractivity contribution in [3.63, 3.8) is 0 Å². The number of hydrogen-bond donors (Lipinski definition) is 2. The number of likely N-dealkylation sites (N-methyl/N-ethyl adjacent to an activating group) is 1. The van der Waals surface area contributed by atoms with Crippen LogP contribution in [0.1, 0.15) is 28.3 Å². The van der Waals surface area contributed by atoms with Crippen molar-refractivity contribution in [1.82, 2.24) is 4.90 Å². The van der Waals surface area contributed by atoms with Gasteiger partial charge in [0.05, 0.1) is 38.8 Å². The van der Waals surface area contributed by atoms with Gasteiger partial charge in [-0.05, 0) is 43.2 Å². The maximum absolute atomic E-state index is 13.0. The molecule has 1 amide bonds. The zero-order valence-corrected chi connectivity index (χ0v) is 17.9. The van der Waals surface area contributed by atoms with Crippen LogP contribution in [0.25, 0.3) is 5.76 Å². The van der Waals surface area contributed by atoms with Crippen molar-refractivity contribution >= 4 is 29.1 Å². The fourth-order valence-corrected chi connectivity index (χ4v) is 3.71. The highest BCUT2D eigenvalue weighted by molar-refractivity contribution is 6.46. The summed E-state index contributed by atoms with van der Waals surface area (Å²) < 4.78 is 0. The van der Waals surface area contributed by atoms with Crippen LogP contribution in [0.2, 0.25) is 5.02 Å². The van der Waals surface area contributed by atoms with Gasteiger partial charge in [0.1, 0.15) is 5.76 Å². The minimum atomic E-state index is -0.655. The third-order valence-electron chi connectivity index (χ3n) is 5.23. The maximum atomic E-state index is 13.0. The lowest BCUT2D eigenvalue weighted by molar-refractivity contribution is -0.857. The molecule has 0 aliphatic carbocycles. The number of halogens is 1. The third-order valence-corrected chi connectivity index (χ3v) is 5.48. The Morgan fingerprint density at radius 2 is 1.76 bits per heavy atom. The lowest BCUT2D eigenvalue weighted by atomic mass is 9.93. The van der Waals surface area contributed by atoms with Gasteiger partial charge in [0.2, 0.25) is 0 Å². The number of Topliss-reactive ketones (excluding diaryl/α,β-unsaturated/α-hetero) is 1. The highest BCUT2D eigenvalue weighted by Crippen LogP contribution is 2.39. The Balaban J connectivity index is 2.19. The number of nitrogens with one attached hydrogen (secondary N) is 1. The van der Waals surface area contributed by atoms with Crippen molar-refractivity contribution in [2.24, 2.45) is 0 Å². The zero-order chi connectivity index (χ0) is 21.3. The van der Waals surface area contributed by atoms with Gasteiger partial charge in [-0.1, -0.05) is 41.4 Å². The molecule has 0 radical (unpaired) electrons. The second-order valence-corrected chi connectivity index (χ2v) is 8.26. The normalized spacial score (nSPS) is 18.7. The van der Waals surface area contributed by atoms with Crippen molar-refractivity contribution < 1.29 is 19.6 Å². The molecule has 1 saturated heterocycles. The van der Waals surface area contributed by atoms with E-state index >= 15 is 0 Å². The topological polar surface area (TPSA) is 62.0 Å². The number of amides is 1. The quantitative estimate of drug-likeness (QED) is 0.450. The fraction of sp³-hybridized carbons (Fsp3) is 0.304. The van der Waals surface area contributed by atoms with Crippen LogP contribution in [-0.2, 0) is 9.59 Å². The standard InChI is InChI=1S/C23H25ClN2O3/c1-14-5-6-15(2)18(13-14)21(27)19-20(16-7-9-17(24)10-8-16)26(12-11-25(3)4)23(29)22(19)28/h5-10,13,20,27H,11-12H2,1-4H3/p+1/t20-/m1/s1. The van der Waals surface area contributed by atoms with Crippen LogP contribution in [0.3, 0.4) is 0 Å². The van der Waals surface area contributed by atoms with E-state index in [1.165, 1.54) is 0 Å². The molecule has 0 saturated carbocycles. The molecular formula is C23H26ClN2O3+. The molecular weight excluding hydrogens is 388 g/mol. The van der Waals surface area contributed by atoms with E-state index in [1.807, 2.05) is 46.1 Å². The number of nitrogens with zero attached hydrogens (tertiary/aromatic N) is 1. The molecule has 0 spiro atoms. The van der Waals surface area contributed by atoms with Gasteiger partial charge < -0.3 is 14.9 Å². The second kappa shape index (κ2) is 8.39. The largest absolute Gasteiger partial charge is 0.507 e. The van der Waals surface area contributed by atoms with Crippen molar-refractivity contribution in [3.05, 3.63) is 75.3 Å². The summed E-state index contributed by atoms with van der Waals surface area (Å²) in [4.78, 5) is 28.6. The zero-order valence-electron chi connectivity index (χ0n) is 17.1. The summed E-state index contributed by atoms with van der Waals surface area (Å²) in [6.45, 7) is 4.88. The summed E-state index contributed by atoms with van der Waals surface area (Å²) in [6.07, 6.45) is 0. The van der Waals surface area contributed by atoms with E-state index < -0.39 is 17.7 Å². The van der Waals surface area contributed by atoms with Gasteiger partial charge in [0, 0.05) is 10.6 Å². The summed E-state index contributed by atoms with van der Waals surface area (Å²) in [5.74, 6) is -1.38. The Kier molecular flexibility index (Phi) is 6.10. The minimum Gasteiger partial charge on any atom is -0.507 e. The Bertz CT molecular complexity index is 980. The average Bonchev–Trinajstić information content (AvgIpc) is 2.93. The van der Waals surface area contributed by atoms with E-state index in [2.05, 4.69) is 0 Å². The molecule has 2 aromatic carbocycles. The first-order valence-electron chi connectivity index (χ1n) is 9.61. The minimum absolute atomic E-state index is 0.125. The van der Waals surface area contributed by atoms with Gasteiger partial charge in [-0.2, -0.15) is 0 Å². The summed E-state index contributed by atoms with van der Waals surface area (Å²) in [5.41, 5.74) is 3.24. The van der Waals surface area contributed by atoms with Crippen LogP contribution in [0, 0.1) is 13.8 Å². The molecule has 0 unspecified atom stereocenters. The number of aliphatic hydroxyl groups excluding tert-OH is 1. The third kappa shape index (κ3) is 4.21. The molecule has 3 rings (SSSR count). The summed E-state index contributed by atoms with van der Waals surface area (Å²) in [5, 5.41) is 11.7. The summed E-state index contributed by atoms with van der Waals surface area (Å²) >= 11 is 6.04. The molecule has 0 aromatic heterocycles. The maximum Gasteiger partial charge on any atom is 0.295 e. The molecule has 29 heavy (non-hydrogen) atoms. The molecule has 5 nitrogen and oxygen atoms in total. The van der Waals surface area contributed by atoms with Gasteiger partial charge in [-0.15, -0.1) is 0 Å². The molecule has 0 bridgehead atoms. The first-order chi connectivity index (χ1) is 13.7. The number of benzene rings is 2. The number of quaternary nitrogens is 1. The summed E-state index contributed by atoms with van der Waals surface area (Å²) in [7, 11) is 3.98. The molecule has 6 heteroatoms. The highest BCUT2D eigenvalue weighted by atomic mass is 35.5. The predicted molar refractivity (Wildman–Crippen MR) is 114 cm³/mol. The van der Waals surface area contributed by atoms with Gasteiger partial charge in [0.15, 0.2) is 0 Å². The number of hydrogen-bond acceptors (Lipinski definition) is 3. The van der Waals surface area contributed by atoms with Gasteiger partial charge in [-0.3, -0.25) is 9.59 Å². The summed E-state index contributed by atoms with van der Waals surface area (Å²) in [6, 6.07) is 12.1. The molecule has 1 aliphatic heterocycles. The highest BCUT2D eigenvalue weighted by Gasteiger charge is 2.46. The Morgan fingerprint density at radius 1 is 1.10 bits per heavy atom. The van der Waals surface area contributed by atoms with Crippen molar-refractivity contribution in [1.29, 1.82) is 0 Å². The number of aryl methyl sites for hydroxylation is 2. The molecule has 1 fully saturated rings. The lowest BCUT2D eigenvalue weighted by Gasteiger charge is -2.25. The number of carbonyl (C=O) groups is 2. The van der Waals surface area contributed by atoms with Crippen LogP contribution in [-0.4, -0.2) is 48.9 Å².